The summed E-state index contributed by atoms with van der Waals surface area (Å²) in [6.45, 7) is 6.73. The molecule has 0 aliphatic rings. The van der Waals surface area contributed by atoms with Crippen molar-refractivity contribution >= 4 is 28.6 Å². The molecule has 0 radical (unpaired) electrons. The van der Waals surface area contributed by atoms with E-state index in [1.165, 1.54) is 10.4 Å². The Morgan fingerprint density at radius 1 is 1.36 bits per heavy atom. The number of likely N-dealkylation sites (N-methyl/N-ethyl adjacent to an activating group) is 1. The molecule has 2 rings (SSSR count). The molecule has 120 valence electrons. The van der Waals surface area contributed by atoms with Gasteiger partial charge in [0, 0.05) is 16.3 Å². The minimum absolute atomic E-state index is 0.0365. The summed E-state index contributed by atoms with van der Waals surface area (Å²) in [5.41, 5.74) is 2.18. The van der Waals surface area contributed by atoms with Crippen LogP contribution in [0.5, 0.6) is 0 Å². The average Bonchev–Trinajstić information content (AvgIpc) is 2.96. The lowest BCUT2D eigenvalue weighted by atomic mass is 10.1. The number of hydrogen-bond donors (Lipinski definition) is 1. The first-order valence-corrected chi connectivity index (χ1v) is 8.98. The summed E-state index contributed by atoms with van der Waals surface area (Å²) < 4.78 is 0. The van der Waals surface area contributed by atoms with E-state index in [2.05, 4.69) is 33.6 Å². The number of rotatable bonds is 6. The maximum Gasteiger partial charge on any atom is 0.226 e. The van der Waals surface area contributed by atoms with Crippen molar-refractivity contribution in [2.24, 2.45) is 0 Å². The fourth-order valence-electron chi connectivity index (χ4n) is 2.40. The summed E-state index contributed by atoms with van der Waals surface area (Å²) >= 11 is 3.39. The van der Waals surface area contributed by atoms with Crippen LogP contribution in [0.1, 0.15) is 32.1 Å². The molecule has 1 N–H and O–H groups in total. The lowest BCUT2D eigenvalue weighted by molar-refractivity contribution is -0.120. The molecule has 0 fully saturated rings. The van der Waals surface area contributed by atoms with E-state index in [4.69, 9.17) is 0 Å². The van der Waals surface area contributed by atoms with Crippen molar-refractivity contribution in [2.75, 3.05) is 20.6 Å². The molecule has 1 atom stereocenters. The van der Waals surface area contributed by atoms with Gasteiger partial charge in [0.2, 0.25) is 5.91 Å². The number of nitrogens with zero attached hydrogens (tertiary/aromatic N) is 2. The van der Waals surface area contributed by atoms with Gasteiger partial charge in [0.25, 0.3) is 0 Å². The van der Waals surface area contributed by atoms with E-state index in [1.54, 1.807) is 22.7 Å². The molecular formula is C16H23N3OS2. The smallest absolute Gasteiger partial charge is 0.226 e. The molecule has 0 saturated heterocycles. The van der Waals surface area contributed by atoms with Gasteiger partial charge in [-0.05, 0) is 51.9 Å². The molecule has 22 heavy (non-hydrogen) atoms. The van der Waals surface area contributed by atoms with E-state index in [0.29, 0.717) is 13.0 Å². The Morgan fingerprint density at radius 2 is 2.09 bits per heavy atom. The molecule has 0 unspecified atom stereocenters. The fourth-order valence-corrected chi connectivity index (χ4v) is 4.36. The second kappa shape index (κ2) is 7.35. The summed E-state index contributed by atoms with van der Waals surface area (Å²) in [6.07, 6.45) is 0.361. The van der Waals surface area contributed by atoms with Crippen molar-refractivity contribution < 1.29 is 4.79 Å². The first-order valence-electron chi connectivity index (χ1n) is 7.28. The molecule has 2 aromatic rings. The summed E-state index contributed by atoms with van der Waals surface area (Å²) in [6, 6.07) is 2.34. The van der Waals surface area contributed by atoms with Gasteiger partial charge in [-0.3, -0.25) is 4.79 Å². The van der Waals surface area contributed by atoms with Gasteiger partial charge in [-0.15, -0.1) is 22.7 Å². The number of carbonyl (C=O) groups excluding carboxylic acids is 1. The van der Waals surface area contributed by atoms with Crippen LogP contribution in [0.25, 0.3) is 0 Å². The Balaban J connectivity index is 1.96. The van der Waals surface area contributed by atoms with Crippen LogP contribution in [0.2, 0.25) is 0 Å². The Kier molecular flexibility index (Phi) is 5.72. The molecule has 0 saturated carbocycles. The van der Waals surface area contributed by atoms with Crippen molar-refractivity contribution in [3.05, 3.63) is 37.5 Å². The maximum atomic E-state index is 12.2. The van der Waals surface area contributed by atoms with Crippen LogP contribution >= 0.6 is 22.7 Å². The number of hydrogen-bond acceptors (Lipinski definition) is 5. The Hall–Kier alpha value is -1.24. The van der Waals surface area contributed by atoms with Crippen LogP contribution in [0.15, 0.2) is 11.4 Å². The molecular weight excluding hydrogens is 314 g/mol. The Morgan fingerprint density at radius 3 is 2.59 bits per heavy atom. The lowest BCUT2D eigenvalue weighted by Gasteiger charge is -2.24. The zero-order valence-corrected chi connectivity index (χ0v) is 15.4. The van der Waals surface area contributed by atoms with E-state index in [0.717, 1.165) is 15.6 Å². The van der Waals surface area contributed by atoms with Gasteiger partial charge in [-0.1, -0.05) is 0 Å². The molecule has 0 aliphatic carbocycles. The lowest BCUT2D eigenvalue weighted by Crippen LogP contribution is -2.35. The summed E-state index contributed by atoms with van der Waals surface area (Å²) in [5.74, 6) is 0.0365. The monoisotopic (exact) mass is 337 g/mol. The predicted molar refractivity (Wildman–Crippen MR) is 93.8 cm³/mol. The standard InChI is InChI=1S/C16H23N3OS2/c1-10-6-7-21-16(10)14(19(4)5)9-17-15(20)8-13-11(2)22-12(3)18-13/h6-7,14H,8-9H2,1-5H3,(H,17,20)/t14-/m0/s1. The van der Waals surface area contributed by atoms with E-state index in [9.17, 15) is 4.79 Å². The first kappa shape index (κ1) is 17.1. The highest BCUT2D eigenvalue weighted by Gasteiger charge is 2.19. The minimum atomic E-state index is 0.0365. The highest BCUT2D eigenvalue weighted by atomic mass is 32.1. The van der Waals surface area contributed by atoms with Crippen molar-refractivity contribution in [3.8, 4) is 0 Å². The SMILES string of the molecule is Cc1nc(CC(=O)NC[C@@H](c2sccc2C)N(C)C)c(C)s1. The summed E-state index contributed by atoms with van der Waals surface area (Å²) in [7, 11) is 4.09. The van der Waals surface area contributed by atoms with Crippen LogP contribution in [-0.2, 0) is 11.2 Å². The second-order valence-corrected chi connectivity index (χ2v) is 8.02. The van der Waals surface area contributed by atoms with Crippen LogP contribution in [0.4, 0.5) is 0 Å². The van der Waals surface area contributed by atoms with Crippen molar-refractivity contribution in [1.82, 2.24) is 15.2 Å². The summed E-state index contributed by atoms with van der Waals surface area (Å²) in [5, 5.41) is 6.17. The molecule has 0 aromatic carbocycles. The zero-order valence-electron chi connectivity index (χ0n) is 13.8. The van der Waals surface area contributed by atoms with E-state index in [-0.39, 0.29) is 11.9 Å². The normalized spacial score (nSPS) is 12.6. The van der Waals surface area contributed by atoms with Gasteiger partial charge >= 0.3 is 0 Å². The third kappa shape index (κ3) is 4.15. The third-order valence-electron chi connectivity index (χ3n) is 3.65. The van der Waals surface area contributed by atoms with Gasteiger partial charge in [0.1, 0.15) is 0 Å². The molecule has 1 amide bonds. The zero-order chi connectivity index (χ0) is 16.3. The van der Waals surface area contributed by atoms with Crippen LogP contribution < -0.4 is 5.32 Å². The highest BCUT2D eigenvalue weighted by molar-refractivity contribution is 7.11. The number of thiophene rings is 1. The Labute approximate surface area is 140 Å². The van der Waals surface area contributed by atoms with Crippen LogP contribution in [0.3, 0.4) is 0 Å². The number of carbonyl (C=O) groups is 1. The summed E-state index contributed by atoms with van der Waals surface area (Å²) in [4.78, 5) is 21.2. The van der Waals surface area contributed by atoms with E-state index >= 15 is 0 Å². The molecule has 2 heterocycles. The molecule has 0 spiro atoms. The van der Waals surface area contributed by atoms with Gasteiger partial charge in [-0.2, -0.15) is 0 Å². The van der Waals surface area contributed by atoms with Crippen molar-refractivity contribution in [3.63, 3.8) is 0 Å². The van der Waals surface area contributed by atoms with Crippen LogP contribution in [-0.4, -0.2) is 36.4 Å². The molecule has 4 nitrogen and oxygen atoms in total. The van der Waals surface area contributed by atoms with Gasteiger partial charge < -0.3 is 10.2 Å². The number of amides is 1. The minimum Gasteiger partial charge on any atom is -0.354 e. The highest BCUT2D eigenvalue weighted by Crippen LogP contribution is 2.26. The van der Waals surface area contributed by atoms with Crippen molar-refractivity contribution in [1.29, 1.82) is 0 Å². The predicted octanol–water partition coefficient (Wildman–Crippen LogP) is 3.09. The molecule has 0 bridgehead atoms. The molecule has 2 aromatic heterocycles. The quantitative estimate of drug-likeness (QED) is 0.881. The third-order valence-corrected chi connectivity index (χ3v) is 5.70. The largest absolute Gasteiger partial charge is 0.354 e. The van der Waals surface area contributed by atoms with Gasteiger partial charge in [-0.25, -0.2) is 4.98 Å². The topological polar surface area (TPSA) is 45.2 Å². The number of aryl methyl sites for hydroxylation is 3. The Bertz CT molecular complexity index is 646. The van der Waals surface area contributed by atoms with Crippen molar-refractivity contribution in [2.45, 2.75) is 33.2 Å². The fraction of sp³-hybridized carbons (Fsp3) is 0.500. The number of thiazole rings is 1. The van der Waals surface area contributed by atoms with Gasteiger partial charge in [0.15, 0.2) is 0 Å². The second-order valence-electron chi connectivity index (χ2n) is 5.66. The molecule has 0 aliphatic heterocycles. The number of nitrogens with one attached hydrogen (secondary N) is 1. The van der Waals surface area contributed by atoms with E-state index in [1.807, 2.05) is 27.9 Å². The maximum absolute atomic E-state index is 12.2. The first-order chi connectivity index (χ1) is 10.4. The van der Waals surface area contributed by atoms with Gasteiger partial charge in [0.05, 0.1) is 23.2 Å². The van der Waals surface area contributed by atoms with E-state index < -0.39 is 0 Å². The number of aromatic nitrogens is 1. The molecule has 6 heteroatoms. The average molecular weight is 338 g/mol. The van der Waals surface area contributed by atoms with Crippen LogP contribution in [0, 0.1) is 20.8 Å².